The van der Waals surface area contributed by atoms with Crippen molar-refractivity contribution >= 4 is 23.0 Å². The molecule has 0 spiro atoms. The largest absolute Gasteiger partial charge is 0.351 e. The minimum Gasteiger partial charge on any atom is -0.351 e. The molecule has 1 aromatic heterocycles. The molecule has 1 atom stereocenters. The van der Waals surface area contributed by atoms with Crippen LogP contribution in [0.2, 0.25) is 0 Å². The van der Waals surface area contributed by atoms with Gasteiger partial charge in [-0.1, -0.05) is 60.7 Å². The molecule has 1 N–H and O–H groups in total. The second-order valence-corrected chi connectivity index (χ2v) is 11.7. The molecule has 3 aromatic carbocycles. The van der Waals surface area contributed by atoms with Crippen LogP contribution in [0, 0.1) is 0 Å². The third-order valence-corrected chi connectivity index (χ3v) is 9.37. The van der Waals surface area contributed by atoms with Gasteiger partial charge in [0.15, 0.2) is 6.29 Å². The lowest BCUT2D eigenvalue weighted by Crippen LogP contribution is -2.29. The first-order chi connectivity index (χ1) is 18.8. The number of benzene rings is 3. The number of hydrogen-bond acceptors (Lipinski definition) is 4. The van der Waals surface area contributed by atoms with Gasteiger partial charge in [-0.05, 0) is 107 Å². The molecule has 4 aromatic rings. The number of thiophene rings is 1. The minimum atomic E-state index is -0.123. The molecular weight excluding hydrogens is 486 g/mol. The van der Waals surface area contributed by atoms with Gasteiger partial charge in [0.25, 0.3) is 0 Å². The average Bonchev–Trinajstić information content (AvgIpc) is 3.48. The monoisotopic (exact) mass is 519 g/mol. The molecule has 3 aliphatic rings. The smallest absolute Gasteiger partial charge is 0.177 e. The normalized spacial score (nSPS) is 18.3. The highest BCUT2D eigenvalue weighted by Crippen LogP contribution is 2.42. The zero-order valence-corrected chi connectivity index (χ0v) is 22.5. The van der Waals surface area contributed by atoms with Crippen molar-refractivity contribution in [2.45, 2.75) is 57.8 Å². The molecule has 192 valence electrons. The third-order valence-electron chi connectivity index (χ3n) is 8.16. The average molecular weight is 520 g/mol. The van der Waals surface area contributed by atoms with E-state index < -0.39 is 0 Å². The standard InChI is InChI=1S/C34H33NO2S/c1-2-9-28-24(7-1)11-15-31-29-14-13-27(21-25(29)12-16-30(28)31)33-18-17-32(38-33)26-8-5-6-23(20-26)22-35-37-34-10-3-4-19-36-34/h1-2,5-9,12,16-18,20-21,34-35H,3-4,10-11,13-15,19,22H2. The summed E-state index contributed by atoms with van der Waals surface area (Å²) in [6.45, 7) is 1.46. The molecule has 1 fully saturated rings. The van der Waals surface area contributed by atoms with Crippen molar-refractivity contribution < 1.29 is 9.57 Å². The van der Waals surface area contributed by atoms with Crippen LogP contribution < -0.4 is 5.48 Å². The lowest BCUT2D eigenvalue weighted by atomic mass is 9.78. The lowest BCUT2D eigenvalue weighted by molar-refractivity contribution is -0.198. The van der Waals surface area contributed by atoms with Crippen molar-refractivity contribution in [3.05, 3.63) is 105 Å². The van der Waals surface area contributed by atoms with E-state index in [-0.39, 0.29) is 6.29 Å². The Morgan fingerprint density at radius 3 is 2.68 bits per heavy atom. The fraction of sp³-hybridized carbons (Fsp3) is 0.294. The number of rotatable bonds is 6. The van der Waals surface area contributed by atoms with E-state index in [1.54, 1.807) is 11.1 Å². The van der Waals surface area contributed by atoms with Crippen molar-refractivity contribution in [2.24, 2.45) is 0 Å². The summed E-state index contributed by atoms with van der Waals surface area (Å²) < 4.78 is 5.64. The van der Waals surface area contributed by atoms with Gasteiger partial charge < -0.3 is 4.74 Å². The second-order valence-electron chi connectivity index (χ2n) is 10.6. The first kappa shape index (κ1) is 24.1. The summed E-state index contributed by atoms with van der Waals surface area (Å²) in [6.07, 6.45) is 10.1. The molecule has 2 aliphatic carbocycles. The number of hydrogen-bond donors (Lipinski definition) is 1. The first-order valence-electron chi connectivity index (χ1n) is 13.9. The first-order valence-corrected chi connectivity index (χ1v) is 14.8. The van der Waals surface area contributed by atoms with Gasteiger partial charge in [-0.15, -0.1) is 11.3 Å². The van der Waals surface area contributed by atoms with Gasteiger partial charge in [0.05, 0.1) is 0 Å². The maximum absolute atomic E-state index is 5.72. The van der Waals surface area contributed by atoms with Gasteiger partial charge in [-0.2, -0.15) is 5.48 Å². The maximum atomic E-state index is 5.72. The SMILES string of the molecule is C1=C(c2ccc(-c3cccc(CNOC4CCCCO4)c3)s2)CCc2c1ccc1c2CCc2ccccc2-1. The fourth-order valence-corrected chi connectivity index (χ4v) is 7.22. The van der Waals surface area contributed by atoms with E-state index in [4.69, 9.17) is 9.57 Å². The number of fused-ring (bicyclic) bond motifs is 5. The maximum Gasteiger partial charge on any atom is 0.177 e. The van der Waals surface area contributed by atoms with Gasteiger partial charge in [-0.3, -0.25) is 4.84 Å². The Morgan fingerprint density at radius 1 is 0.816 bits per heavy atom. The van der Waals surface area contributed by atoms with Crippen molar-refractivity contribution in [1.29, 1.82) is 0 Å². The summed E-state index contributed by atoms with van der Waals surface area (Å²) in [7, 11) is 0. The topological polar surface area (TPSA) is 30.5 Å². The summed E-state index contributed by atoms with van der Waals surface area (Å²) in [5, 5.41) is 0. The second kappa shape index (κ2) is 10.6. The van der Waals surface area contributed by atoms with Gasteiger partial charge in [0.2, 0.25) is 0 Å². The van der Waals surface area contributed by atoms with E-state index in [9.17, 15) is 0 Å². The molecule has 7 rings (SSSR count). The summed E-state index contributed by atoms with van der Waals surface area (Å²) in [4.78, 5) is 8.42. The summed E-state index contributed by atoms with van der Waals surface area (Å²) >= 11 is 1.90. The van der Waals surface area contributed by atoms with E-state index in [1.807, 2.05) is 11.3 Å². The molecule has 3 nitrogen and oxygen atoms in total. The van der Waals surface area contributed by atoms with Crippen LogP contribution in [0.1, 0.15) is 58.4 Å². The predicted molar refractivity (Wildman–Crippen MR) is 157 cm³/mol. The summed E-state index contributed by atoms with van der Waals surface area (Å²) in [5.41, 5.74) is 16.0. The van der Waals surface area contributed by atoms with Crippen LogP contribution in [0.3, 0.4) is 0 Å². The van der Waals surface area contributed by atoms with Crippen LogP contribution in [-0.4, -0.2) is 12.9 Å². The number of allylic oxidation sites excluding steroid dienone is 1. The fourth-order valence-electron chi connectivity index (χ4n) is 6.18. The van der Waals surface area contributed by atoms with Crippen LogP contribution in [0.25, 0.3) is 33.2 Å². The minimum absolute atomic E-state index is 0.123. The van der Waals surface area contributed by atoms with E-state index in [0.29, 0.717) is 6.54 Å². The van der Waals surface area contributed by atoms with E-state index in [1.165, 1.54) is 55.1 Å². The highest BCUT2D eigenvalue weighted by molar-refractivity contribution is 7.16. The Hall–Kier alpha value is -3.02. The van der Waals surface area contributed by atoms with Gasteiger partial charge in [0.1, 0.15) is 0 Å². The van der Waals surface area contributed by atoms with Crippen molar-refractivity contribution in [3.63, 3.8) is 0 Å². The quantitative estimate of drug-likeness (QED) is 0.260. The van der Waals surface area contributed by atoms with Crippen molar-refractivity contribution in [3.8, 4) is 21.6 Å². The van der Waals surface area contributed by atoms with Crippen molar-refractivity contribution in [1.82, 2.24) is 5.48 Å². The highest BCUT2D eigenvalue weighted by atomic mass is 32.1. The highest BCUT2D eigenvalue weighted by Gasteiger charge is 2.23. The number of hydroxylamine groups is 1. The number of nitrogens with one attached hydrogen (secondary N) is 1. The lowest BCUT2D eigenvalue weighted by Gasteiger charge is -2.26. The molecule has 1 unspecified atom stereocenters. The van der Waals surface area contributed by atoms with Gasteiger partial charge in [-0.25, -0.2) is 0 Å². The van der Waals surface area contributed by atoms with E-state index >= 15 is 0 Å². The Morgan fingerprint density at radius 2 is 1.74 bits per heavy atom. The Bertz CT molecular complexity index is 1490. The molecule has 1 saturated heterocycles. The summed E-state index contributed by atoms with van der Waals surface area (Å²) in [6, 6.07) is 27.0. The number of ether oxygens (including phenoxy) is 1. The Kier molecular flexibility index (Phi) is 6.72. The van der Waals surface area contributed by atoms with E-state index in [0.717, 1.165) is 45.1 Å². The Labute approximate surface area is 229 Å². The van der Waals surface area contributed by atoms with Crippen LogP contribution in [0.15, 0.2) is 72.8 Å². The number of aryl methyl sites for hydroxylation is 1. The van der Waals surface area contributed by atoms with Crippen molar-refractivity contribution in [2.75, 3.05) is 6.61 Å². The third kappa shape index (κ3) is 4.78. The molecular formula is C34H33NO2S. The molecule has 1 aliphatic heterocycles. The molecule has 0 bridgehead atoms. The predicted octanol–water partition coefficient (Wildman–Crippen LogP) is 8.22. The van der Waals surface area contributed by atoms with Gasteiger partial charge >= 0.3 is 0 Å². The van der Waals surface area contributed by atoms with E-state index in [2.05, 4.69) is 84.4 Å². The zero-order chi connectivity index (χ0) is 25.3. The molecule has 2 heterocycles. The van der Waals surface area contributed by atoms with Crippen LogP contribution in [0.4, 0.5) is 0 Å². The Balaban J connectivity index is 1.08. The molecule has 0 radical (unpaired) electrons. The molecule has 0 saturated carbocycles. The molecule has 4 heteroatoms. The molecule has 38 heavy (non-hydrogen) atoms. The molecule has 0 amide bonds. The van der Waals surface area contributed by atoms with Gasteiger partial charge in [0, 0.05) is 29.3 Å². The van der Waals surface area contributed by atoms with Crippen LogP contribution >= 0.6 is 11.3 Å². The van der Waals surface area contributed by atoms with Crippen LogP contribution in [0.5, 0.6) is 0 Å². The van der Waals surface area contributed by atoms with Crippen LogP contribution in [-0.2, 0) is 35.4 Å². The summed E-state index contributed by atoms with van der Waals surface area (Å²) in [5.74, 6) is 0. The zero-order valence-electron chi connectivity index (χ0n) is 21.7.